The molecule has 2 aromatic rings. The molecule has 0 saturated carbocycles. The number of carbonyl (C=O) groups excluding carboxylic acids is 2. The van der Waals surface area contributed by atoms with Gasteiger partial charge in [-0.05, 0) is 30.3 Å². The summed E-state index contributed by atoms with van der Waals surface area (Å²) in [6.07, 6.45) is 0. The quantitative estimate of drug-likeness (QED) is 0.845. The first-order valence-electron chi connectivity index (χ1n) is 7.47. The van der Waals surface area contributed by atoms with Crippen LogP contribution in [0.2, 0.25) is 0 Å². The highest BCUT2D eigenvalue weighted by molar-refractivity contribution is 6.39. The van der Waals surface area contributed by atoms with Gasteiger partial charge in [0.2, 0.25) is 0 Å². The minimum atomic E-state index is -0.847. The molecule has 25 heavy (non-hydrogen) atoms. The van der Waals surface area contributed by atoms with Crippen molar-refractivity contribution in [2.24, 2.45) is 0 Å². The fraction of sp³-hybridized carbons (Fsp3) is 0.222. The number of likely N-dealkylation sites (N-methyl/N-ethyl adjacent to an activating group) is 1. The third-order valence-corrected chi connectivity index (χ3v) is 3.53. The van der Waals surface area contributed by atoms with Crippen LogP contribution in [0.15, 0.2) is 42.5 Å². The van der Waals surface area contributed by atoms with Crippen molar-refractivity contribution in [3.05, 3.63) is 53.8 Å². The monoisotopic (exact) mass is 346 g/mol. The predicted octanol–water partition coefficient (Wildman–Crippen LogP) is 2.44. The minimum Gasteiger partial charge on any atom is -0.497 e. The molecule has 0 aliphatic carbocycles. The second-order valence-electron chi connectivity index (χ2n) is 5.30. The van der Waals surface area contributed by atoms with Crippen molar-refractivity contribution in [3.8, 4) is 11.5 Å². The minimum absolute atomic E-state index is 0.169. The SMILES string of the molecule is COc1ccc(CN(C)C(=O)C(=O)Nc2cccc(F)c2)c(OC)c1. The van der Waals surface area contributed by atoms with Crippen molar-refractivity contribution in [2.45, 2.75) is 6.54 Å². The molecule has 0 spiro atoms. The van der Waals surface area contributed by atoms with E-state index < -0.39 is 17.6 Å². The van der Waals surface area contributed by atoms with E-state index >= 15 is 0 Å². The number of anilines is 1. The molecule has 2 rings (SSSR count). The smallest absolute Gasteiger partial charge is 0.313 e. The van der Waals surface area contributed by atoms with Gasteiger partial charge < -0.3 is 19.7 Å². The lowest BCUT2D eigenvalue weighted by Gasteiger charge is -2.19. The van der Waals surface area contributed by atoms with Crippen LogP contribution in [0.3, 0.4) is 0 Å². The lowest BCUT2D eigenvalue weighted by Crippen LogP contribution is -2.36. The number of methoxy groups -OCH3 is 2. The van der Waals surface area contributed by atoms with Crippen LogP contribution < -0.4 is 14.8 Å². The van der Waals surface area contributed by atoms with Crippen LogP contribution in [0.4, 0.5) is 10.1 Å². The van der Waals surface area contributed by atoms with Crippen molar-refractivity contribution in [1.82, 2.24) is 4.90 Å². The number of rotatable bonds is 5. The highest BCUT2D eigenvalue weighted by Gasteiger charge is 2.20. The molecule has 0 saturated heterocycles. The Morgan fingerprint density at radius 2 is 1.88 bits per heavy atom. The van der Waals surface area contributed by atoms with Gasteiger partial charge in [0.15, 0.2) is 0 Å². The van der Waals surface area contributed by atoms with Crippen LogP contribution in [-0.2, 0) is 16.1 Å². The average molecular weight is 346 g/mol. The Morgan fingerprint density at radius 1 is 1.12 bits per heavy atom. The van der Waals surface area contributed by atoms with E-state index in [1.54, 1.807) is 25.3 Å². The first-order chi connectivity index (χ1) is 11.9. The second-order valence-corrected chi connectivity index (χ2v) is 5.30. The molecule has 2 aromatic carbocycles. The first kappa shape index (κ1) is 18.3. The van der Waals surface area contributed by atoms with E-state index in [1.807, 2.05) is 0 Å². The molecule has 0 aliphatic heterocycles. The summed E-state index contributed by atoms with van der Waals surface area (Å²) in [5, 5.41) is 2.37. The van der Waals surface area contributed by atoms with E-state index in [0.717, 1.165) is 11.6 Å². The number of nitrogens with one attached hydrogen (secondary N) is 1. The molecule has 0 fully saturated rings. The number of carbonyl (C=O) groups is 2. The van der Waals surface area contributed by atoms with Gasteiger partial charge in [0.25, 0.3) is 0 Å². The Bertz CT molecular complexity index is 779. The van der Waals surface area contributed by atoms with Crippen LogP contribution in [0.1, 0.15) is 5.56 Å². The summed E-state index contributed by atoms with van der Waals surface area (Å²) in [6.45, 7) is 0.169. The lowest BCUT2D eigenvalue weighted by atomic mass is 10.1. The second kappa shape index (κ2) is 8.14. The molecule has 7 heteroatoms. The molecular weight excluding hydrogens is 327 g/mol. The number of halogens is 1. The van der Waals surface area contributed by atoms with Gasteiger partial charge in [-0.2, -0.15) is 0 Å². The molecule has 0 bridgehead atoms. The van der Waals surface area contributed by atoms with Crippen LogP contribution in [0, 0.1) is 5.82 Å². The number of hydrogen-bond acceptors (Lipinski definition) is 4. The van der Waals surface area contributed by atoms with Gasteiger partial charge in [-0.25, -0.2) is 4.39 Å². The fourth-order valence-electron chi connectivity index (χ4n) is 2.23. The summed E-state index contributed by atoms with van der Waals surface area (Å²) < 4.78 is 23.5. The highest BCUT2D eigenvalue weighted by atomic mass is 19.1. The van der Waals surface area contributed by atoms with Crippen LogP contribution in [0.5, 0.6) is 11.5 Å². The predicted molar refractivity (Wildman–Crippen MR) is 91.0 cm³/mol. The Balaban J connectivity index is 2.05. The van der Waals surface area contributed by atoms with E-state index in [-0.39, 0.29) is 12.2 Å². The van der Waals surface area contributed by atoms with E-state index in [0.29, 0.717) is 11.5 Å². The molecule has 0 unspecified atom stereocenters. The van der Waals surface area contributed by atoms with Gasteiger partial charge in [0.1, 0.15) is 17.3 Å². The van der Waals surface area contributed by atoms with Gasteiger partial charge in [-0.15, -0.1) is 0 Å². The molecule has 0 aromatic heterocycles. The zero-order chi connectivity index (χ0) is 18.4. The summed E-state index contributed by atoms with van der Waals surface area (Å²) in [5.41, 5.74) is 0.937. The van der Waals surface area contributed by atoms with Crippen LogP contribution >= 0.6 is 0 Å². The molecule has 0 aliphatic rings. The summed E-state index contributed by atoms with van der Waals surface area (Å²) in [5.74, 6) is -0.924. The zero-order valence-corrected chi connectivity index (χ0v) is 14.2. The Morgan fingerprint density at radius 3 is 2.52 bits per heavy atom. The lowest BCUT2D eigenvalue weighted by molar-refractivity contribution is -0.142. The third kappa shape index (κ3) is 4.69. The maximum absolute atomic E-state index is 13.1. The van der Waals surface area contributed by atoms with Gasteiger partial charge in [0, 0.05) is 30.9 Å². The summed E-state index contributed by atoms with van der Waals surface area (Å²) in [4.78, 5) is 25.5. The number of hydrogen-bond donors (Lipinski definition) is 1. The molecule has 0 atom stereocenters. The number of benzene rings is 2. The van der Waals surface area contributed by atoms with Crippen LogP contribution in [-0.4, -0.2) is 38.0 Å². The Labute approximate surface area is 145 Å². The van der Waals surface area contributed by atoms with Gasteiger partial charge in [0.05, 0.1) is 14.2 Å². The zero-order valence-electron chi connectivity index (χ0n) is 14.2. The number of nitrogens with zero attached hydrogens (tertiary/aromatic N) is 1. The average Bonchev–Trinajstić information content (AvgIpc) is 2.61. The first-order valence-corrected chi connectivity index (χ1v) is 7.47. The van der Waals surface area contributed by atoms with E-state index in [1.165, 1.54) is 37.3 Å². The molecular formula is C18H19FN2O4. The standard InChI is InChI=1S/C18H19FN2O4/c1-21(11-12-7-8-15(24-2)10-16(12)25-3)18(23)17(22)20-14-6-4-5-13(19)9-14/h4-10H,11H2,1-3H3,(H,20,22). The fourth-order valence-corrected chi connectivity index (χ4v) is 2.23. The number of amides is 2. The normalized spacial score (nSPS) is 10.1. The van der Waals surface area contributed by atoms with Crippen molar-refractivity contribution < 1.29 is 23.5 Å². The van der Waals surface area contributed by atoms with Crippen molar-refractivity contribution in [3.63, 3.8) is 0 Å². The Kier molecular flexibility index (Phi) is 5.94. The third-order valence-electron chi connectivity index (χ3n) is 3.53. The van der Waals surface area contributed by atoms with Gasteiger partial charge >= 0.3 is 11.8 Å². The summed E-state index contributed by atoms with van der Waals surface area (Å²) in [6, 6.07) is 10.5. The summed E-state index contributed by atoms with van der Waals surface area (Å²) in [7, 11) is 4.55. The molecule has 6 nitrogen and oxygen atoms in total. The topological polar surface area (TPSA) is 67.9 Å². The van der Waals surface area contributed by atoms with Crippen molar-refractivity contribution in [2.75, 3.05) is 26.6 Å². The summed E-state index contributed by atoms with van der Waals surface area (Å²) >= 11 is 0. The molecule has 2 amide bonds. The van der Waals surface area contributed by atoms with Gasteiger partial charge in [-0.3, -0.25) is 9.59 Å². The van der Waals surface area contributed by atoms with Crippen LogP contribution in [0.25, 0.3) is 0 Å². The van der Waals surface area contributed by atoms with Crippen molar-refractivity contribution >= 4 is 17.5 Å². The van der Waals surface area contributed by atoms with E-state index in [4.69, 9.17) is 9.47 Å². The molecule has 1 N–H and O–H groups in total. The molecule has 0 heterocycles. The highest BCUT2D eigenvalue weighted by Crippen LogP contribution is 2.25. The van der Waals surface area contributed by atoms with E-state index in [2.05, 4.69) is 5.32 Å². The van der Waals surface area contributed by atoms with E-state index in [9.17, 15) is 14.0 Å². The Hall–Kier alpha value is -3.09. The number of ether oxygens (including phenoxy) is 2. The largest absolute Gasteiger partial charge is 0.497 e. The van der Waals surface area contributed by atoms with Gasteiger partial charge in [-0.1, -0.05) is 6.07 Å². The van der Waals surface area contributed by atoms with Crippen molar-refractivity contribution in [1.29, 1.82) is 0 Å². The molecule has 132 valence electrons. The molecule has 0 radical (unpaired) electrons. The maximum Gasteiger partial charge on any atom is 0.313 e. The maximum atomic E-state index is 13.1.